The monoisotopic (exact) mass is 317 g/mol. The number of amides is 3. The van der Waals surface area contributed by atoms with Gasteiger partial charge in [-0.2, -0.15) is 0 Å². The van der Waals surface area contributed by atoms with Gasteiger partial charge in [-0.05, 0) is 57.4 Å². The summed E-state index contributed by atoms with van der Waals surface area (Å²) in [6, 6.07) is 6.84. The van der Waals surface area contributed by atoms with Crippen LogP contribution in [0.1, 0.15) is 33.1 Å². The van der Waals surface area contributed by atoms with E-state index in [0.29, 0.717) is 18.2 Å². The minimum absolute atomic E-state index is 0.0448. The van der Waals surface area contributed by atoms with Gasteiger partial charge in [-0.3, -0.25) is 4.79 Å². The summed E-state index contributed by atoms with van der Waals surface area (Å²) in [5, 5.41) is 5.52. The number of carbonyl (C=O) groups is 2. The number of anilines is 1. The molecule has 1 heterocycles. The van der Waals surface area contributed by atoms with E-state index in [4.69, 9.17) is 4.74 Å². The molecule has 2 N–H and O–H groups in total. The Kier molecular flexibility index (Phi) is 4.41. The highest BCUT2D eigenvalue weighted by Gasteiger charge is 2.40. The van der Waals surface area contributed by atoms with Crippen molar-refractivity contribution in [1.82, 2.24) is 10.2 Å². The molecule has 3 rings (SSSR count). The van der Waals surface area contributed by atoms with Crippen molar-refractivity contribution in [2.75, 3.05) is 11.9 Å². The maximum absolute atomic E-state index is 12.2. The highest BCUT2D eigenvalue weighted by Crippen LogP contribution is 2.30. The molecule has 124 valence electrons. The number of hydrogen-bond donors (Lipinski definition) is 2. The van der Waals surface area contributed by atoms with Gasteiger partial charge in [0, 0.05) is 18.3 Å². The Hall–Kier alpha value is -2.24. The lowest BCUT2D eigenvalue weighted by Crippen LogP contribution is -2.43. The normalized spacial score (nSPS) is 20.7. The molecule has 0 unspecified atom stereocenters. The van der Waals surface area contributed by atoms with Crippen molar-refractivity contribution >= 4 is 17.6 Å². The number of urea groups is 1. The summed E-state index contributed by atoms with van der Waals surface area (Å²) in [5.41, 5.74) is 0.670. The van der Waals surface area contributed by atoms with E-state index in [1.165, 1.54) is 0 Å². The molecule has 1 aromatic rings. The zero-order chi connectivity index (χ0) is 16.4. The summed E-state index contributed by atoms with van der Waals surface area (Å²) in [4.78, 5) is 26.1. The Morgan fingerprint density at radius 3 is 2.52 bits per heavy atom. The Morgan fingerprint density at radius 2 is 1.91 bits per heavy atom. The maximum Gasteiger partial charge on any atom is 0.319 e. The predicted molar refractivity (Wildman–Crippen MR) is 87.5 cm³/mol. The highest BCUT2D eigenvalue weighted by molar-refractivity contribution is 5.94. The molecule has 0 spiro atoms. The zero-order valence-corrected chi connectivity index (χ0v) is 13.5. The van der Waals surface area contributed by atoms with Gasteiger partial charge in [0.25, 0.3) is 0 Å². The van der Waals surface area contributed by atoms with Gasteiger partial charge in [-0.1, -0.05) is 0 Å². The topological polar surface area (TPSA) is 70.7 Å². The van der Waals surface area contributed by atoms with Gasteiger partial charge >= 0.3 is 6.03 Å². The summed E-state index contributed by atoms with van der Waals surface area (Å²) in [7, 11) is 0. The third-order valence-electron chi connectivity index (χ3n) is 4.02. The SMILES string of the molecule is CC(C)Oc1ccc(NC(=O)N[C@@H]2CCN(C3CC3)C2=O)cc1. The first kappa shape index (κ1) is 15.6. The molecule has 2 fully saturated rings. The lowest BCUT2D eigenvalue weighted by atomic mass is 10.2. The number of likely N-dealkylation sites (tertiary alicyclic amines) is 1. The quantitative estimate of drug-likeness (QED) is 0.876. The van der Waals surface area contributed by atoms with Crippen LogP contribution in [0, 0.1) is 0 Å². The summed E-state index contributed by atoms with van der Waals surface area (Å²) >= 11 is 0. The van der Waals surface area contributed by atoms with Gasteiger partial charge in [0.2, 0.25) is 5.91 Å². The maximum atomic E-state index is 12.2. The molecule has 1 saturated carbocycles. The van der Waals surface area contributed by atoms with Crippen LogP contribution in [-0.4, -0.2) is 41.6 Å². The van der Waals surface area contributed by atoms with Gasteiger partial charge in [0.05, 0.1) is 6.10 Å². The number of benzene rings is 1. The Balaban J connectivity index is 1.50. The molecule has 0 aromatic heterocycles. The summed E-state index contributed by atoms with van der Waals surface area (Å²) in [6.45, 7) is 4.67. The van der Waals surface area contributed by atoms with E-state index >= 15 is 0 Å². The lowest BCUT2D eigenvalue weighted by molar-refractivity contribution is -0.129. The molecule has 6 heteroatoms. The van der Waals surface area contributed by atoms with E-state index in [0.717, 1.165) is 25.1 Å². The van der Waals surface area contributed by atoms with E-state index in [-0.39, 0.29) is 18.0 Å². The van der Waals surface area contributed by atoms with Gasteiger partial charge in [-0.25, -0.2) is 4.79 Å². The fourth-order valence-electron chi connectivity index (χ4n) is 2.80. The van der Waals surface area contributed by atoms with Gasteiger partial charge in [0.1, 0.15) is 11.8 Å². The molecule has 1 atom stereocenters. The smallest absolute Gasteiger partial charge is 0.319 e. The predicted octanol–water partition coefficient (Wildman–Crippen LogP) is 2.36. The number of nitrogens with zero attached hydrogens (tertiary/aromatic N) is 1. The summed E-state index contributed by atoms with van der Waals surface area (Å²) < 4.78 is 5.56. The minimum atomic E-state index is -0.404. The van der Waals surface area contributed by atoms with Crippen LogP contribution in [-0.2, 0) is 4.79 Å². The number of nitrogens with one attached hydrogen (secondary N) is 2. The molecule has 23 heavy (non-hydrogen) atoms. The Bertz CT molecular complexity index is 581. The zero-order valence-electron chi connectivity index (χ0n) is 13.5. The molecule has 0 radical (unpaired) electrons. The van der Waals surface area contributed by atoms with Crippen molar-refractivity contribution < 1.29 is 14.3 Å². The van der Waals surface area contributed by atoms with Crippen LogP contribution in [0.25, 0.3) is 0 Å². The van der Waals surface area contributed by atoms with E-state index < -0.39 is 6.04 Å². The molecular formula is C17H23N3O3. The second kappa shape index (κ2) is 6.48. The lowest BCUT2D eigenvalue weighted by Gasteiger charge is -2.16. The van der Waals surface area contributed by atoms with E-state index in [2.05, 4.69) is 10.6 Å². The van der Waals surface area contributed by atoms with E-state index in [1.807, 2.05) is 30.9 Å². The summed E-state index contributed by atoms with van der Waals surface area (Å²) in [6.07, 6.45) is 2.98. The van der Waals surface area contributed by atoms with Crippen molar-refractivity contribution in [3.8, 4) is 5.75 Å². The van der Waals surface area contributed by atoms with Crippen LogP contribution in [0.2, 0.25) is 0 Å². The van der Waals surface area contributed by atoms with Crippen LogP contribution in [0.15, 0.2) is 24.3 Å². The second-order valence-corrected chi connectivity index (χ2v) is 6.39. The number of hydrogen-bond acceptors (Lipinski definition) is 3. The highest BCUT2D eigenvalue weighted by atomic mass is 16.5. The molecule has 1 saturated heterocycles. The molecule has 1 aliphatic carbocycles. The molecule has 1 aliphatic heterocycles. The van der Waals surface area contributed by atoms with Crippen LogP contribution in [0.5, 0.6) is 5.75 Å². The Morgan fingerprint density at radius 1 is 1.22 bits per heavy atom. The van der Waals surface area contributed by atoms with Gasteiger partial charge in [-0.15, -0.1) is 0 Å². The van der Waals surface area contributed by atoms with Crippen molar-refractivity contribution in [3.05, 3.63) is 24.3 Å². The van der Waals surface area contributed by atoms with E-state index in [1.54, 1.807) is 12.1 Å². The van der Waals surface area contributed by atoms with E-state index in [9.17, 15) is 9.59 Å². The fraction of sp³-hybridized carbons (Fsp3) is 0.529. The fourth-order valence-corrected chi connectivity index (χ4v) is 2.80. The molecule has 3 amide bonds. The van der Waals surface area contributed by atoms with Crippen LogP contribution in [0.3, 0.4) is 0 Å². The van der Waals surface area contributed by atoms with Gasteiger partial charge in [0.15, 0.2) is 0 Å². The Labute approximate surface area is 136 Å². The van der Waals surface area contributed by atoms with Crippen LogP contribution < -0.4 is 15.4 Å². The number of rotatable bonds is 5. The molecule has 2 aliphatic rings. The average Bonchev–Trinajstić information content (AvgIpc) is 3.27. The molecule has 0 bridgehead atoms. The molecular weight excluding hydrogens is 294 g/mol. The van der Waals surface area contributed by atoms with Crippen LogP contribution >= 0.6 is 0 Å². The number of carbonyl (C=O) groups excluding carboxylic acids is 2. The standard InChI is InChI=1S/C17H23N3O3/c1-11(2)23-14-7-3-12(4-8-14)18-17(22)19-15-9-10-20(16(15)21)13-5-6-13/h3-4,7-8,11,13,15H,5-6,9-10H2,1-2H3,(H2,18,19,22)/t15-/m1/s1. The first-order valence-corrected chi connectivity index (χ1v) is 8.17. The van der Waals surface area contributed by atoms with Crippen molar-refractivity contribution in [2.45, 2.75) is 51.3 Å². The van der Waals surface area contributed by atoms with Crippen molar-refractivity contribution in [2.24, 2.45) is 0 Å². The van der Waals surface area contributed by atoms with Crippen molar-refractivity contribution in [3.63, 3.8) is 0 Å². The summed E-state index contributed by atoms with van der Waals surface area (Å²) in [5.74, 6) is 0.806. The largest absolute Gasteiger partial charge is 0.491 e. The third-order valence-corrected chi connectivity index (χ3v) is 4.02. The second-order valence-electron chi connectivity index (χ2n) is 6.39. The van der Waals surface area contributed by atoms with Crippen molar-refractivity contribution in [1.29, 1.82) is 0 Å². The molecule has 6 nitrogen and oxygen atoms in total. The minimum Gasteiger partial charge on any atom is -0.491 e. The number of ether oxygens (including phenoxy) is 1. The first-order chi connectivity index (χ1) is 11.0. The third kappa shape index (κ3) is 3.94. The molecule has 1 aromatic carbocycles. The first-order valence-electron chi connectivity index (χ1n) is 8.17. The van der Waals surface area contributed by atoms with Gasteiger partial charge < -0.3 is 20.3 Å². The van der Waals surface area contributed by atoms with Crippen LogP contribution in [0.4, 0.5) is 10.5 Å². The average molecular weight is 317 g/mol.